The molecular weight excluding hydrogens is 517 g/mol. The number of rotatable bonds is 2. The highest BCUT2D eigenvalue weighted by Gasteiger charge is 2.35. The minimum atomic E-state index is -0.191. The van der Waals surface area contributed by atoms with Crippen LogP contribution in [0.15, 0.2) is 49.1 Å². The van der Waals surface area contributed by atoms with Crippen LogP contribution in [-0.4, -0.2) is 44.5 Å². The molecule has 0 N–H and O–H groups in total. The maximum Gasteiger partial charge on any atom is 0.174 e. The first-order valence-electron chi connectivity index (χ1n) is 14.2. The Balaban J connectivity index is 0.000000114. The number of nitrogens with zero attached hydrogens (tertiary/aromatic N) is 9. The maximum absolute atomic E-state index is 13.8. The Kier molecular flexibility index (Phi) is 6.79. The number of hydrogen-bond acceptors (Lipinski definition) is 6. The molecule has 6 heterocycles. The Hall–Kier alpha value is -4.21. The molecule has 212 valence electrons. The molecule has 2 aliphatic carbocycles. The zero-order chi connectivity index (χ0) is 28.9. The third kappa shape index (κ3) is 5.55. The molecule has 0 bridgehead atoms. The van der Waals surface area contributed by atoms with Crippen LogP contribution in [0.4, 0.5) is 4.39 Å². The molecule has 0 spiro atoms. The van der Waals surface area contributed by atoms with Crippen molar-refractivity contribution >= 4 is 16.6 Å². The molecular formula is C31H36FN9. The molecule has 8 rings (SSSR count). The molecule has 41 heavy (non-hydrogen) atoms. The molecule has 2 fully saturated rings. The van der Waals surface area contributed by atoms with E-state index < -0.39 is 0 Å². The minimum absolute atomic E-state index is 0.132. The Bertz CT molecular complexity index is 1850. The van der Waals surface area contributed by atoms with Crippen LogP contribution in [0, 0.1) is 26.6 Å². The summed E-state index contributed by atoms with van der Waals surface area (Å²) in [5, 5.41) is 25.3. The van der Waals surface area contributed by atoms with E-state index in [1.54, 1.807) is 29.3 Å². The first-order chi connectivity index (χ1) is 19.6. The lowest BCUT2D eigenvalue weighted by Gasteiger charge is -2.19. The van der Waals surface area contributed by atoms with Crippen LogP contribution in [0.25, 0.3) is 16.6 Å². The fourth-order valence-corrected chi connectivity index (χ4v) is 5.10. The summed E-state index contributed by atoms with van der Waals surface area (Å²) in [5.74, 6) is 0.811. The topological polar surface area (TPSA) is 90.6 Å². The highest BCUT2D eigenvalue weighted by molar-refractivity contribution is 5.64. The predicted octanol–water partition coefficient (Wildman–Crippen LogP) is 6.30. The molecule has 0 radical (unpaired) electrons. The van der Waals surface area contributed by atoms with E-state index in [1.807, 2.05) is 36.8 Å². The van der Waals surface area contributed by atoms with Gasteiger partial charge in [0, 0.05) is 23.6 Å². The third-order valence-electron chi connectivity index (χ3n) is 7.45. The van der Waals surface area contributed by atoms with Gasteiger partial charge in [0.2, 0.25) is 0 Å². The summed E-state index contributed by atoms with van der Waals surface area (Å²) in [6, 6.07) is 7.82. The van der Waals surface area contributed by atoms with Gasteiger partial charge in [-0.2, -0.15) is 39.9 Å². The van der Waals surface area contributed by atoms with E-state index in [1.165, 1.54) is 39.8 Å². The Morgan fingerprint density at radius 2 is 1.32 bits per heavy atom. The van der Waals surface area contributed by atoms with Gasteiger partial charge in [0.1, 0.15) is 11.2 Å². The number of fused-ring (bicyclic) bond motifs is 3. The molecule has 0 unspecified atom stereocenters. The first-order valence-corrected chi connectivity index (χ1v) is 14.2. The van der Waals surface area contributed by atoms with Crippen LogP contribution in [0.2, 0.25) is 0 Å². The number of aryl methyl sites for hydroxylation is 3. The minimum Gasteiger partial charge on any atom is -0.202 e. The van der Waals surface area contributed by atoms with E-state index in [0.717, 1.165) is 29.5 Å². The van der Waals surface area contributed by atoms with Gasteiger partial charge in [-0.25, -0.2) is 4.39 Å². The quantitative estimate of drug-likeness (QED) is 0.250. The molecule has 2 aliphatic rings. The zero-order valence-corrected chi connectivity index (χ0v) is 24.5. The van der Waals surface area contributed by atoms with Crippen LogP contribution >= 0.6 is 0 Å². The second-order valence-corrected chi connectivity index (χ2v) is 12.3. The fourth-order valence-electron chi connectivity index (χ4n) is 5.10. The van der Waals surface area contributed by atoms with Gasteiger partial charge < -0.3 is 0 Å². The van der Waals surface area contributed by atoms with Crippen LogP contribution < -0.4 is 0 Å². The maximum atomic E-state index is 13.8. The molecule has 2 saturated carbocycles. The molecule has 0 amide bonds. The van der Waals surface area contributed by atoms with Crippen molar-refractivity contribution in [3.05, 3.63) is 88.5 Å². The van der Waals surface area contributed by atoms with E-state index in [4.69, 9.17) is 5.10 Å². The molecule has 0 atom stereocenters. The van der Waals surface area contributed by atoms with Gasteiger partial charge in [0.25, 0.3) is 0 Å². The summed E-state index contributed by atoms with van der Waals surface area (Å²) in [6.07, 6.45) is 11.7. The van der Waals surface area contributed by atoms with E-state index in [2.05, 4.69) is 59.3 Å². The number of hydrogen-bond donors (Lipinski definition) is 0. The van der Waals surface area contributed by atoms with E-state index in [0.29, 0.717) is 23.0 Å². The highest BCUT2D eigenvalue weighted by Crippen LogP contribution is 2.45. The fraction of sp³-hybridized carbons (Fsp3) is 0.419. The average Bonchev–Trinajstić information content (AvgIpc) is 3.84. The molecule has 6 aromatic rings. The normalized spacial score (nSPS) is 15.1. The van der Waals surface area contributed by atoms with Crippen molar-refractivity contribution in [2.75, 3.05) is 0 Å². The van der Waals surface area contributed by atoms with Crippen molar-refractivity contribution in [3.63, 3.8) is 0 Å². The van der Waals surface area contributed by atoms with Crippen molar-refractivity contribution in [1.29, 1.82) is 0 Å². The predicted molar refractivity (Wildman–Crippen MR) is 156 cm³/mol. The van der Waals surface area contributed by atoms with Gasteiger partial charge in [-0.15, -0.1) is 4.63 Å². The van der Waals surface area contributed by atoms with E-state index >= 15 is 0 Å². The van der Waals surface area contributed by atoms with Gasteiger partial charge >= 0.3 is 0 Å². The Morgan fingerprint density at radius 3 is 2.00 bits per heavy atom. The summed E-state index contributed by atoms with van der Waals surface area (Å²) >= 11 is 0. The largest absolute Gasteiger partial charge is 0.202 e. The number of aromatic nitrogens is 9. The third-order valence-corrected chi connectivity index (χ3v) is 7.45. The van der Waals surface area contributed by atoms with Gasteiger partial charge in [0.05, 0.1) is 35.3 Å². The van der Waals surface area contributed by atoms with E-state index in [-0.39, 0.29) is 11.2 Å². The molecule has 10 heteroatoms. The molecule has 0 aromatic carbocycles. The second-order valence-electron chi connectivity index (χ2n) is 12.3. The summed E-state index contributed by atoms with van der Waals surface area (Å²) < 4.78 is 18.6. The first kappa shape index (κ1) is 27.0. The summed E-state index contributed by atoms with van der Waals surface area (Å²) in [4.78, 5) is 0. The Morgan fingerprint density at radius 1 is 0.732 bits per heavy atom. The zero-order valence-electron chi connectivity index (χ0n) is 24.5. The average molecular weight is 554 g/mol. The smallest absolute Gasteiger partial charge is 0.174 e. The van der Waals surface area contributed by atoms with Crippen molar-refractivity contribution in [3.8, 4) is 0 Å². The van der Waals surface area contributed by atoms with E-state index in [9.17, 15) is 4.39 Å². The molecule has 9 nitrogen and oxygen atoms in total. The van der Waals surface area contributed by atoms with Crippen LogP contribution in [0.3, 0.4) is 0 Å². The molecule has 6 aromatic heterocycles. The lowest BCUT2D eigenvalue weighted by atomic mass is 9.84. The standard InChI is InChI=1S/C14H19N3.C10H10FN3.C7H7N3/c1-9-7-8-15-17-13(9)11(14(2,3)4)12(16-17)10-5-6-10;1-6-4-8-9(11)10(7-2-3-7)13-14(8)12-5-6;1-6-4-7-2-3-8-10(7)9-5-6/h7-8,10H,5-6H2,1-4H3;4-5,7H,2-3H2,1H3;2-5H,1H3. The summed E-state index contributed by atoms with van der Waals surface area (Å²) in [7, 11) is 0. The lowest BCUT2D eigenvalue weighted by molar-refractivity contribution is 0.587. The summed E-state index contributed by atoms with van der Waals surface area (Å²) in [5.41, 5.74) is 9.52. The van der Waals surface area contributed by atoms with Crippen molar-refractivity contribution in [1.82, 2.24) is 44.5 Å². The van der Waals surface area contributed by atoms with Crippen molar-refractivity contribution < 1.29 is 4.39 Å². The SMILES string of the molecule is Cc1ccnn2nc(C3CC3)c(C(C)(C)C)c12.Cc1cnn2nc(C3CC3)c(F)c2c1.Cc1cnn2nccc2c1. The van der Waals surface area contributed by atoms with Crippen molar-refractivity contribution in [2.45, 2.75) is 84.5 Å². The van der Waals surface area contributed by atoms with Gasteiger partial charge in [-0.1, -0.05) is 20.8 Å². The second kappa shape index (κ2) is 10.3. The van der Waals surface area contributed by atoms with Crippen LogP contribution in [-0.2, 0) is 5.41 Å². The molecule has 0 saturated heterocycles. The van der Waals surface area contributed by atoms with Gasteiger partial charge in [-0.3, -0.25) is 0 Å². The number of halogens is 1. The Labute approximate surface area is 238 Å². The summed E-state index contributed by atoms with van der Waals surface area (Å²) in [6.45, 7) is 12.9. The lowest BCUT2D eigenvalue weighted by Crippen LogP contribution is -2.13. The van der Waals surface area contributed by atoms with Crippen LogP contribution in [0.1, 0.15) is 91.9 Å². The van der Waals surface area contributed by atoms with Crippen LogP contribution in [0.5, 0.6) is 0 Å². The van der Waals surface area contributed by atoms with Gasteiger partial charge in [-0.05, 0) is 92.8 Å². The van der Waals surface area contributed by atoms with Crippen molar-refractivity contribution in [2.24, 2.45) is 0 Å². The molecule has 0 aliphatic heterocycles. The van der Waals surface area contributed by atoms with Gasteiger partial charge in [0.15, 0.2) is 5.82 Å². The highest BCUT2D eigenvalue weighted by atomic mass is 19.1. The monoisotopic (exact) mass is 553 g/mol.